The standard InChI is InChI=1S/C21H21FN4S/c1-3-25-12-6-8-18(25)20-19(17-7-4-5-11-23-17)24-21(27)26(20)15-9-10-16(22)14(2)13-15/h4-13,19-20H,3H2,1-2H3,(H,24,27)/t19-,20+/m1/s1. The van der Waals surface area contributed by atoms with Gasteiger partial charge in [-0.15, -0.1) is 0 Å². The summed E-state index contributed by atoms with van der Waals surface area (Å²) in [7, 11) is 0. The largest absolute Gasteiger partial charge is 0.351 e. The van der Waals surface area contributed by atoms with E-state index in [1.165, 1.54) is 6.07 Å². The average Bonchev–Trinajstić information content (AvgIpc) is 3.28. The van der Waals surface area contributed by atoms with Crippen LogP contribution in [0.15, 0.2) is 60.9 Å². The smallest absolute Gasteiger partial charge is 0.174 e. The van der Waals surface area contributed by atoms with E-state index in [-0.39, 0.29) is 17.9 Å². The van der Waals surface area contributed by atoms with Crippen LogP contribution in [0.25, 0.3) is 0 Å². The molecule has 0 aliphatic carbocycles. The number of nitrogens with zero attached hydrogens (tertiary/aromatic N) is 3. The first kappa shape index (κ1) is 17.7. The highest BCUT2D eigenvalue weighted by atomic mass is 32.1. The molecular weight excluding hydrogens is 359 g/mol. The molecule has 0 saturated carbocycles. The second-order valence-corrected chi connectivity index (χ2v) is 7.04. The topological polar surface area (TPSA) is 33.1 Å². The Labute approximate surface area is 163 Å². The molecule has 1 aliphatic heterocycles. The van der Waals surface area contributed by atoms with E-state index in [1.807, 2.05) is 30.3 Å². The van der Waals surface area contributed by atoms with E-state index in [0.717, 1.165) is 23.6 Å². The first-order valence-corrected chi connectivity index (χ1v) is 9.43. The Bertz CT molecular complexity index is 969. The lowest BCUT2D eigenvalue weighted by Gasteiger charge is -2.29. The quantitative estimate of drug-likeness (QED) is 0.674. The van der Waals surface area contributed by atoms with Crippen molar-refractivity contribution in [2.75, 3.05) is 4.90 Å². The lowest BCUT2D eigenvalue weighted by molar-refractivity contribution is 0.529. The van der Waals surface area contributed by atoms with E-state index in [1.54, 1.807) is 19.2 Å². The van der Waals surface area contributed by atoms with Crippen LogP contribution >= 0.6 is 12.2 Å². The van der Waals surface area contributed by atoms with Gasteiger partial charge in [-0.1, -0.05) is 6.07 Å². The van der Waals surface area contributed by atoms with Crippen LogP contribution in [0.2, 0.25) is 0 Å². The predicted molar refractivity (Wildman–Crippen MR) is 109 cm³/mol. The number of hydrogen-bond donors (Lipinski definition) is 1. The Hall–Kier alpha value is -2.73. The zero-order valence-corrected chi connectivity index (χ0v) is 16.1. The molecule has 0 unspecified atom stereocenters. The van der Waals surface area contributed by atoms with E-state index < -0.39 is 0 Å². The van der Waals surface area contributed by atoms with Crippen molar-refractivity contribution in [3.63, 3.8) is 0 Å². The predicted octanol–water partition coefficient (Wildman–Crippen LogP) is 4.53. The highest BCUT2D eigenvalue weighted by Gasteiger charge is 2.41. The van der Waals surface area contributed by atoms with Crippen LogP contribution in [0, 0.1) is 12.7 Å². The van der Waals surface area contributed by atoms with Gasteiger partial charge in [0.25, 0.3) is 0 Å². The van der Waals surface area contributed by atoms with E-state index in [0.29, 0.717) is 10.7 Å². The second kappa shape index (κ2) is 7.12. The van der Waals surface area contributed by atoms with Gasteiger partial charge in [-0.2, -0.15) is 0 Å². The van der Waals surface area contributed by atoms with Crippen LogP contribution in [0.3, 0.4) is 0 Å². The van der Waals surface area contributed by atoms with E-state index in [9.17, 15) is 4.39 Å². The highest BCUT2D eigenvalue weighted by Crippen LogP contribution is 2.41. The van der Waals surface area contributed by atoms with Crippen molar-refractivity contribution in [2.24, 2.45) is 0 Å². The number of aromatic nitrogens is 2. The molecule has 3 heterocycles. The molecule has 1 aliphatic rings. The minimum absolute atomic E-state index is 0.0767. The summed E-state index contributed by atoms with van der Waals surface area (Å²) in [6.07, 6.45) is 3.86. The van der Waals surface area contributed by atoms with Crippen molar-refractivity contribution in [2.45, 2.75) is 32.5 Å². The molecule has 4 rings (SSSR count). The van der Waals surface area contributed by atoms with Crippen molar-refractivity contribution >= 4 is 23.0 Å². The summed E-state index contributed by atoms with van der Waals surface area (Å²) in [5, 5.41) is 4.05. The van der Waals surface area contributed by atoms with Crippen molar-refractivity contribution < 1.29 is 4.39 Å². The van der Waals surface area contributed by atoms with E-state index in [2.05, 4.69) is 39.0 Å². The summed E-state index contributed by atoms with van der Waals surface area (Å²) in [6, 6.07) is 15.0. The van der Waals surface area contributed by atoms with Gasteiger partial charge in [-0.3, -0.25) is 4.98 Å². The molecule has 1 fully saturated rings. The molecule has 0 spiro atoms. The van der Waals surface area contributed by atoms with Gasteiger partial charge in [-0.25, -0.2) is 4.39 Å². The lowest BCUT2D eigenvalue weighted by atomic mass is 10.0. The molecule has 1 N–H and O–H groups in total. The fourth-order valence-electron chi connectivity index (χ4n) is 3.70. The maximum absolute atomic E-state index is 13.8. The molecule has 27 heavy (non-hydrogen) atoms. The third-order valence-electron chi connectivity index (χ3n) is 5.03. The minimum Gasteiger partial charge on any atom is -0.351 e. The third kappa shape index (κ3) is 3.10. The Morgan fingerprint density at radius 1 is 1.19 bits per heavy atom. The van der Waals surface area contributed by atoms with Gasteiger partial charge in [0.2, 0.25) is 0 Å². The summed E-state index contributed by atoms with van der Waals surface area (Å²) >= 11 is 5.69. The maximum Gasteiger partial charge on any atom is 0.174 e. The Balaban J connectivity index is 1.85. The molecule has 0 amide bonds. The second-order valence-electron chi connectivity index (χ2n) is 6.65. The van der Waals surface area contributed by atoms with Crippen molar-refractivity contribution in [3.05, 3.63) is 83.7 Å². The number of hydrogen-bond acceptors (Lipinski definition) is 2. The van der Waals surface area contributed by atoms with Gasteiger partial charge in [0.15, 0.2) is 5.11 Å². The zero-order chi connectivity index (χ0) is 19.0. The molecular formula is C21H21FN4S. The molecule has 3 aromatic rings. The van der Waals surface area contributed by atoms with Gasteiger partial charge >= 0.3 is 0 Å². The van der Waals surface area contributed by atoms with Gasteiger partial charge in [0.05, 0.1) is 11.7 Å². The van der Waals surface area contributed by atoms with Crippen LogP contribution in [0.5, 0.6) is 0 Å². The number of benzene rings is 1. The Kier molecular flexibility index (Phi) is 4.66. The zero-order valence-electron chi connectivity index (χ0n) is 15.3. The summed E-state index contributed by atoms with van der Waals surface area (Å²) in [5.74, 6) is -0.216. The molecule has 4 nitrogen and oxygen atoms in total. The number of thiocarbonyl (C=S) groups is 1. The monoisotopic (exact) mass is 380 g/mol. The number of halogens is 1. The average molecular weight is 380 g/mol. The molecule has 2 atom stereocenters. The van der Waals surface area contributed by atoms with Crippen LogP contribution in [-0.4, -0.2) is 14.7 Å². The molecule has 0 bridgehead atoms. The van der Waals surface area contributed by atoms with Gasteiger partial charge < -0.3 is 14.8 Å². The fourth-order valence-corrected chi connectivity index (χ4v) is 4.04. The van der Waals surface area contributed by atoms with E-state index >= 15 is 0 Å². The van der Waals surface area contributed by atoms with Crippen molar-refractivity contribution in [1.29, 1.82) is 0 Å². The summed E-state index contributed by atoms with van der Waals surface area (Å²) in [4.78, 5) is 6.62. The lowest BCUT2D eigenvalue weighted by Crippen LogP contribution is -2.30. The fraction of sp³-hybridized carbons (Fsp3) is 0.238. The Morgan fingerprint density at radius 3 is 2.74 bits per heavy atom. The first-order chi connectivity index (χ1) is 13.1. The van der Waals surface area contributed by atoms with Gasteiger partial charge in [0.1, 0.15) is 11.9 Å². The van der Waals surface area contributed by atoms with Crippen molar-refractivity contribution in [3.8, 4) is 0 Å². The molecule has 0 radical (unpaired) electrons. The van der Waals surface area contributed by atoms with Crippen LogP contribution in [0.1, 0.15) is 36.0 Å². The number of rotatable bonds is 4. The number of anilines is 1. The summed E-state index contributed by atoms with van der Waals surface area (Å²) < 4.78 is 16.0. The Morgan fingerprint density at radius 2 is 2.04 bits per heavy atom. The van der Waals surface area contributed by atoms with Gasteiger partial charge in [0, 0.05) is 30.3 Å². The summed E-state index contributed by atoms with van der Waals surface area (Å²) in [6.45, 7) is 4.74. The maximum atomic E-state index is 13.8. The minimum atomic E-state index is -0.216. The molecule has 1 saturated heterocycles. The number of nitrogens with one attached hydrogen (secondary N) is 1. The van der Waals surface area contributed by atoms with Crippen LogP contribution < -0.4 is 10.2 Å². The highest BCUT2D eigenvalue weighted by molar-refractivity contribution is 7.80. The van der Waals surface area contributed by atoms with Gasteiger partial charge in [-0.05, 0) is 74.1 Å². The molecule has 1 aromatic carbocycles. The molecule has 2 aromatic heterocycles. The molecule has 138 valence electrons. The summed E-state index contributed by atoms with van der Waals surface area (Å²) in [5.41, 5.74) is 3.54. The third-order valence-corrected chi connectivity index (χ3v) is 5.34. The van der Waals surface area contributed by atoms with E-state index in [4.69, 9.17) is 12.2 Å². The molecule has 6 heteroatoms. The van der Waals surface area contributed by atoms with Crippen LogP contribution in [-0.2, 0) is 6.54 Å². The number of pyridine rings is 1. The van der Waals surface area contributed by atoms with Crippen LogP contribution in [0.4, 0.5) is 10.1 Å². The van der Waals surface area contributed by atoms with Crippen molar-refractivity contribution in [1.82, 2.24) is 14.9 Å². The first-order valence-electron chi connectivity index (χ1n) is 9.02. The number of aryl methyl sites for hydroxylation is 2. The normalized spacial score (nSPS) is 19.4. The SMILES string of the molecule is CCn1cccc1[C@H]1[C@@H](c2ccccn2)NC(=S)N1c1ccc(F)c(C)c1.